The highest BCUT2D eigenvalue weighted by Gasteiger charge is 2.11. The number of thioether (sulfide) groups is 1. The lowest BCUT2D eigenvalue weighted by molar-refractivity contribution is 0.538. The molecule has 0 radical (unpaired) electrons. The van der Waals surface area contributed by atoms with Crippen LogP contribution in [-0.4, -0.2) is 25.1 Å². The third kappa shape index (κ3) is 2.72. The van der Waals surface area contributed by atoms with Crippen LogP contribution >= 0.6 is 11.8 Å². The molecule has 0 saturated carbocycles. The number of aromatic nitrogens is 5. The molecule has 2 aromatic carbocycles. The molecular formula is C19H13N5OS. The van der Waals surface area contributed by atoms with Gasteiger partial charge in [0.1, 0.15) is 11.3 Å². The molecule has 26 heavy (non-hydrogen) atoms. The van der Waals surface area contributed by atoms with E-state index in [-0.39, 0.29) is 0 Å². The first-order valence-corrected chi connectivity index (χ1v) is 9.09. The van der Waals surface area contributed by atoms with Gasteiger partial charge in [-0.1, -0.05) is 48.2 Å². The smallest absolute Gasteiger partial charge is 0.226 e. The van der Waals surface area contributed by atoms with Crippen molar-refractivity contribution in [2.75, 3.05) is 0 Å². The van der Waals surface area contributed by atoms with Crippen molar-refractivity contribution < 1.29 is 4.42 Å². The number of rotatable bonds is 4. The number of H-pyrrole nitrogens is 1. The predicted molar refractivity (Wildman–Crippen MR) is 101 cm³/mol. The summed E-state index contributed by atoms with van der Waals surface area (Å²) in [4.78, 5) is 12.2. The fourth-order valence-corrected chi connectivity index (χ4v) is 3.45. The van der Waals surface area contributed by atoms with Gasteiger partial charge < -0.3 is 9.40 Å². The van der Waals surface area contributed by atoms with Gasteiger partial charge in [0.25, 0.3) is 0 Å². The number of aromatic amines is 1. The molecule has 0 aliphatic rings. The van der Waals surface area contributed by atoms with E-state index >= 15 is 0 Å². The van der Waals surface area contributed by atoms with Gasteiger partial charge in [-0.15, -0.1) is 10.2 Å². The van der Waals surface area contributed by atoms with E-state index in [0.29, 0.717) is 16.8 Å². The Bertz CT molecular complexity index is 1200. The molecule has 0 unspecified atom stereocenters. The first kappa shape index (κ1) is 15.1. The zero-order valence-electron chi connectivity index (χ0n) is 13.6. The normalized spacial score (nSPS) is 11.4. The standard InChI is InChI=1S/C19H13N5OS/c1-2-6-12(7-3-1)18-20-10-13(25-18)11-26-19-22-17-16(23-24-19)14-8-4-5-9-15(14)21-17/h1-10H,11H2,(H,21,22,24). The maximum atomic E-state index is 5.81. The third-order valence-electron chi connectivity index (χ3n) is 4.02. The zero-order valence-corrected chi connectivity index (χ0v) is 14.4. The Morgan fingerprint density at radius 3 is 2.73 bits per heavy atom. The molecule has 0 aliphatic carbocycles. The van der Waals surface area contributed by atoms with E-state index in [0.717, 1.165) is 33.4 Å². The van der Waals surface area contributed by atoms with E-state index < -0.39 is 0 Å². The van der Waals surface area contributed by atoms with Crippen molar-refractivity contribution in [3.63, 3.8) is 0 Å². The molecule has 5 aromatic rings. The molecule has 1 N–H and O–H groups in total. The zero-order chi connectivity index (χ0) is 17.3. The monoisotopic (exact) mass is 359 g/mol. The average Bonchev–Trinajstić information content (AvgIpc) is 3.31. The van der Waals surface area contributed by atoms with E-state index in [4.69, 9.17) is 4.42 Å². The Morgan fingerprint density at radius 1 is 0.962 bits per heavy atom. The Kier molecular flexibility index (Phi) is 3.64. The van der Waals surface area contributed by atoms with E-state index in [9.17, 15) is 0 Å². The summed E-state index contributed by atoms with van der Waals surface area (Å²) in [5.41, 5.74) is 3.50. The van der Waals surface area contributed by atoms with E-state index in [1.165, 1.54) is 11.8 Å². The van der Waals surface area contributed by atoms with Gasteiger partial charge in [0.15, 0.2) is 5.65 Å². The number of benzene rings is 2. The van der Waals surface area contributed by atoms with Gasteiger partial charge in [-0.25, -0.2) is 9.97 Å². The summed E-state index contributed by atoms with van der Waals surface area (Å²) in [5, 5.41) is 10.2. The lowest BCUT2D eigenvalue weighted by atomic mass is 10.2. The molecule has 6 nitrogen and oxygen atoms in total. The van der Waals surface area contributed by atoms with Gasteiger partial charge >= 0.3 is 0 Å². The molecule has 0 amide bonds. The minimum atomic E-state index is 0.591. The van der Waals surface area contributed by atoms with Crippen LogP contribution in [0.2, 0.25) is 0 Å². The summed E-state index contributed by atoms with van der Waals surface area (Å²) < 4.78 is 5.81. The van der Waals surface area contributed by atoms with Gasteiger partial charge in [0.2, 0.25) is 11.0 Å². The van der Waals surface area contributed by atoms with Crippen LogP contribution in [0.15, 0.2) is 70.4 Å². The van der Waals surface area contributed by atoms with E-state index in [1.54, 1.807) is 6.20 Å². The minimum absolute atomic E-state index is 0.591. The van der Waals surface area contributed by atoms with Crippen molar-refractivity contribution >= 4 is 33.8 Å². The number of fused-ring (bicyclic) bond motifs is 3. The number of nitrogens with zero attached hydrogens (tertiary/aromatic N) is 4. The number of oxazole rings is 1. The number of hydrogen-bond donors (Lipinski definition) is 1. The van der Waals surface area contributed by atoms with E-state index in [2.05, 4.69) is 25.1 Å². The molecule has 0 aliphatic heterocycles. The Balaban J connectivity index is 1.37. The van der Waals surface area contributed by atoms with Crippen LogP contribution in [0.1, 0.15) is 5.76 Å². The van der Waals surface area contributed by atoms with Crippen molar-refractivity contribution in [2.45, 2.75) is 10.9 Å². The second-order valence-corrected chi connectivity index (χ2v) is 6.69. The molecule has 0 atom stereocenters. The minimum Gasteiger partial charge on any atom is -0.440 e. The number of nitrogens with one attached hydrogen (secondary N) is 1. The summed E-state index contributed by atoms with van der Waals surface area (Å²) in [5.74, 6) is 1.98. The molecule has 5 rings (SSSR count). The highest BCUT2D eigenvalue weighted by molar-refractivity contribution is 7.98. The SMILES string of the molecule is c1ccc(-c2ncc(CSc3nnc4c(n3)[nH]c3ccccc34)o2)cc1. The second-order valence-electron chi connectivity index (χ2n) is 5.75. The van der Waals surface area contributed by atoms with Crippen molar-refractivity contribution in [1.82, 2.24) is 25.1 Å². The maximum Gasteiger partial charge on any atom is 0.226 e. The second kappa shape index (κ2) is 6.27. The maximum absolute atomic E-state index is 5.81. The summed E-state index contributed by atoms with van der Waals surface area (Å²) in [7, 11) is 0. The van der Waals surface area contributed by atoms with Crippen LogP contribution in [0.4, 0.5) is 0 Å². The van der Waals surface area contributed by atoms with Crippen LogP contribution in [0, 0.1) is 0 Å². The molecule has 0 fully saturated rings. The Labute approximate surface area is 152 Å². The van der Waals surface area contributed by atoms with Crippen LogP contribution in [-0.2, 0) is 5.75 Å². The van der Waals surface area contributed by atoms with Crippen molar-refractivity contribution in [3.05, 3.63) is 66.6 Å². The van der Waals surface area contributed by atoms with Gasteiger partial charge in [-0.05, 0) is 18.2 Å². The fourth-order valence-electron chi connectivity index (χ4n) is 2.79. The van der Waals surface area contributed by atoms with E-state index in [1.807, 2.05) is 54.6 Å². The lowest BCUT2D eigenvalue weighted by Crippen LogP contribution is -1.91. The number of para-hydroxylation sites is 1. The molecule has 3 heterocycles. The van der Waals surface area contributed by atoms with Crippen molar-refractivity contribution in [2.24, 2.45) is 0 Å². The van der Waals surface area contributed by atoms with Crippen molar-refractivity contribution in [3.8, 4) is 11.5 Å². The highest BCUT2D eigenvalue weighted by Crippen LogP contribution is 2.26. The number of hydrogen-bond acceptors (Lipinski definition) is 6. The average molecular weight is 359 g/mol. The Hall–Kier alpha value is -3.19. The summed E-state index contributed by atoms with van der Waals surface area (Å²) in [6.45, 7) is 0. The van der Waals surface area contributed by atoms with Crippen LogP contribution in [0.25, 0.3) is 33.5 Å². The first-order valence-electron chi connectivity index (χ1n) is 8.11. The lowest BCUT2D eigenvalue weighted by Gasteiger charge is -1.97. The largest absolute Gasteiger partial charge is 0.440 e. The fraction of sp³-hybridized carbons (Fsp3) is 0.0526. The third-order valence-corrected chi connectivity index (χ3v) is 4.88. The molecule has 0 spiro atoms. The topological polar surface area (TPSA) is 80.5 Å². The summed E-state index contributed by atoms with van der Waals surface area (Å²) >= 11 is 1.47. The first-order chi connectivity index (χ1) is 12.9. The molecule has 0 saturated heterocycles. The van der Waals surface area contributed by atoms with Gasteiger partial charge in [0.05, 0.1) is 11.9 Å². The molecule has 7 heteroatoms. The van der Waals surface area contributed by atoms with Gasteiger partial charge in [-0.3, -0.25) is 0 Å². The van der Waals surface area contributed by atoms with Crippen LogP contribution in [0.5, 0.6) is 0 Å². The van der Waals surface area contributed by atoms with Gasteiger partial charge in [-0.2, -0.15) is 0 Å². The highest BCUT2D eigenvalue weighted by atomic mass is 32.2. The Morgan fingerprint density at radius 2 is 1.81 bits per heavy atom. The van der Waals surface area contributed by atoms with Crippen molar-refractivity contribution in [1.29, 1.82) is 0 Å². The van der Waals surface area contributed by atoms with Gasteiger partial charge in [0, 0.05) is 16.5 Å². The predicted octanol–water partition coefficient (Wildman–Crippen LogP) is 4.45. The molecular weight excluding hydrogens is 346 g/mol. The molecule has 126 valence electrons. The quantitative estimate of drug-likeness (QED) is 0.477. The molecule has 0 bridgehead atoms. The summed E-state index contributed by atoms with van der Waals surface area (Å²) in [6.07, 6.45) is 1.74. The van der Waals surface area contributed by atoms with Crippen LogP contribution < -0.4 is 0 Å². The molecule has 3 aromatic heterocycles. The summed E-state index contributed by atoms with van der Waals surface area (Å²) in [6, 6.07) is 17.8. The van der Waals surface area contributed by atoms with Crippen LogP contribution in [0.3, 0.4) is 0 Å².